The fourth-order valence-electron chi connectivity index (χ4n) is 2.57. The molecule has 1 aliphatic rings. The molecule has 1 atom stereocenters. The van der Waals surface area contributed by atoms with E-state index in [1.807, 2.05) is 13.8 Å². The van der Waals surface area contributed by atoms with E-state index in [2.05, 4.69) is 5.32 Å². The van der Waals surface area contributed by atoms with Crippen molar-refractivity contribution in [3.63, 3.8) is 0 Å². The summed E-state index contributed by atoms with van der Waals surface area (Å²) in [5.41, 5.74) is -0.211. The molecule has 2 rings (SSSR count). The summed E-state index contributed by atoms with van der Waals surface area (Å²) in [5, 5.41) is 2.38. The number of hydrogen-bond acceptors (Lipinski definition) is 2. The average molecular weight is 296 g/mol. The number of nitrogens with zero attached hydrogens (tertiary/aromatic N) is 1. The van der Waals surface area contributed by atoms with Gasteiger partial charge >= 0.3 is 0 Å². The van der Waals surface area contributed by atoms with E-state index in [4.69, 9.17) is 0 Å². The van der Waals surface area contributed by atoms with Crippen LogP contribution >= 0.6 is 0 Å². The molecule has 1 N–H and O–H groups in total. The van der Waals surface area contributed by atoms with Crippen LogP contribution in [0, 0.1) is 17.6 Å². The number of benzene rings is 1. The van der Waals surface area contributed by atoms with Gasteiger partial charge in [0.2, 0.25) is 11.8 Å². The molecule has 0 aliphatic carbocycles. The lowest BCUT2D eigenvalue weighted by Gasteiger charge is -2.29. The SMILES string of the molecule is CC(C)C(C(=O)Nc1cccc(F)c1F)N1CCCC1=O. The maximum Gasteiger partial charge on any atom is 0.247 e. The zero-order valence-corrected chi connectivity index (χ0v) is 12.0. The normalized spacial score (nSPS) is 16.4. The van der Waals surface area contributed by atoms with E-state index in [0.29, 0.717) is 19.4 Å². The van der Waals surface area contributed by atoms with Gasteiger partial charge in [0.1, 0.15) is 6.04 Å². The predicted octanol–water partition coefficient (Wildman–Crippen LogP) is 2.55. The number of carbonyl (C=O) groups excluding carboxylic acids is 2. The second-order valence-electron chi connectivity index (χ2n) is 5.47. The van der Waals surface area contributed by atoms with Crippen LogP contribution in [0.3, 0.4) is 0 Å². The third-order valence-electron chi connectivity index (χ3n) is 3.56. The number of hydrogen-bond donors (Lipinski definition) is 1. The lowest BCUT2D eigenvalue weighted by molar-refractivity contribution is -0.136. The van der Waals surface area contributed by atoms with Gasteiger partial charge in [0.25, 0.3) is 0 Å². The van der Waals surface area contributed by atoms with Crippen molar-refractivity contribution in [2.24, 2.45) is 5.92 Å². The highest BCUT2D eigenvalue weighted by atomic mass is 19.2. The first-order valence-electron chi connectivity index (χ1n) is 6.96. The molecule has 1 fully saturated rings. The standard InChI is InChI=1S/C15H18F2N2O2/c1-9(2)14(19-8-4-7-12(19)20)15(21)18-11-6-3-5-10(16)13(11)17/h3,5-6,9,14H,4,7-8H2,1-2H3,(H,18,21). The Hall–Kier alpha value is -1.98. The van der Waals surface area contributed by atoms with Crippen LogP contribution in [0.2, 0.25) is 0 Å². The van der Waals surface area contributed by atoms with Crippen molar-refractivity contribution in [3.8, 4) is 0 Å². The minimum atomic E-state index is -1.10. The van der Waals surface area contributed by atoms with Crippen LogP contribution in [0.25, 0.3) is 0 Å². The Labute approximate surface area is 122 Å². The Morgan fingerprint density at radius 3 is 2.62 bits per heavy atom. The number of nitrogens with one attached hydrogen (secondary N) is 1. The zero-order valence-electron chi connectivity index (χ0n) is 12.0. The highest BCUT2D eigenvalue weighted by Gasteiger charge is 2.35. The Balaban J connectivity index is 2.19. The van der Waals surface area contributed by atoms with Gasteiger partial charge < -0.3 is 10.2 Å². The van der Waals surface area contributed by atoms with Gasteiger partial charge in [-0.05, 0) is 24.5 Å². The first-order chi connectivity index (χ1) is 9.91. The number of likely N-dealkylation sites (tertiary alicyclic amines) is 1. The molecule has 1 aliphatic heterocycles. The second kappa shape index (κ2) is 6.20. The molecular weight excluding hydrogens is 278 g/mol. The Morgan fingerprint density at radius 2 is 2.05 bits per heavy atom. The highest BCUT2D eigenvalue weighted by Crippen LogP contribution is 2.22. The van der Waals surface area contributed by atoms with E-state index in [9.17, 15) is 18.4 Å². The molecule has 1 unspecified atom stereocenters. The molecule has 0 spiro atoms. The van der Waals surface area contributed by atoms with E-state index in [0.717, 1.165) is 6.07 Å². The molecule has 1 saturated heterocycles. The van der Waals surface area contributed by atoms with Crippen molar-refractivity contribution in [3.05, 3.63) is 29.8 Å². The highest BCUT2D eigenvalue weighted by molar-refractivity contribution is 5.97. The maximum absolute atomic E-state index is 13.6. The van der Waals surface area contributed by atoms with Gasteiger partial charge in [-0.25, -0.2) is 8.78 Å². The molecule has 2 amide bonds. The summed E-state index contributed by atoms with van der Waals surface area (Å²) < 4.78 is 26.8. The molecule has 0 radical (unpaired) electrons. The molecule has 4 nitrogen and oxygen atoms in total. The second-order valence-corrected chi connectivity index (χ2v) is 5.47. The summed E-state index contributed by atoms with van der Waals surface area (Å²) in [6.07, 6.45) is 1.13. The minimum Gasteiger partial charge on any atom is -0.330 e. The molecule has 21 heavy (non-hydrogen) atoms. The van der Waals surface area contributed by atoms with Gasteiger partial charge in [0.15, 0.2) is 11.6 Å². The first kappa shape index (κ1) is 15.4. The van der Waals surface area contributed by atoms with E-state index >= 15 is 0 Å². The Bertz CT molecular complexity index is 561. The van der Waals surface area contributed by atoms with Crippen molar-refractivity contribution >= 4 is 17.5 Å². The van der Waals surface area contributed by atoms with Crippen molar-refractivity contribution in [2.45, 2.75) is 32.7 Å². The van der Waals surface area contributed by atoms with Crippen LogP contribution in [-0.4, -0.2) is 29.3 Å². The molecule has 0 saturated carbocycles. The van der Waals surface area contributed by atoms with Gasteiger partial charge in [-0.15, -0.1) is 0 Å². The summed E-state index contributed by atoms with van der Waals surface area (Å²) in [6, 6.07) is 2.91. The number of carbonyl (C=O) groups is 2. The summed E-state index contributed by atoms with van der Waals surface area (Å²) in [6.45, 7) is 4.15. The minimum absolute atomic E-state index is 0.0800. The molecule has 6 heteroatoms. The fourth-order valence-corrected chi connectivity index (χ4v) is 2.57. The van der Waals surface area contributed by atoms with Gasteiger partial charge in [0, 0.05) is 13.0 Å². The monoisotopic (exact) mass is 296 g/mol. The van der Waals surface area contributed by atoms with E-state index < -0.39 is 23.6 Å². The molecule has 1 heterocycles. The molecule has 1 aromatic rings. The van der Waals surface area contributed by atoms with Gasteiger partial charge in [0.05, 0.1) is 5.69 Å². The third-order valence-corrected chi connectivity index (χ3v) is 3.56. The summed E-state index contributed by atoms with van der Waals surface area (Å²) in [5.74, 6) is -2.82. The van der Waals surface area contributed by atoms with Crippen LogP contribution in [0.1, 0.15) is 26.7 Å². The smallest absolute Gasteiger partial charge is 0.247 e. The first-order valence-corrected chi connectivity index (χ1v) is 6.96. The molecule has 0 bridgehead atoms. The largest absolute Gasteiger partial charge is 0.330 e. The molecule has 114 valence electrons. The lowest BCUT2D eigenvalue weighted by atomic mass is 10.0. The quantitative estimate of drug-likeness (QED) is 0.928. The van der Waals surface area contributed by atoms with Crippen LogP contribution in [0.5, 0.6) is 0 Å². The van der Waals surface area contributed by atoms with Crippen LogP contribution in [0.4, 0.5) is 14.5 Å². The Morgan fingerprint density at radius 1 is 1.33 bits per heavy atom. The zero-order chi connectivity index (χ0) is 15.6. The van der Waals surface area contributed by atoms with Gasteiger partial charge in [-0.1, -0.05) is 19.9 Å². The summed E-state index contributed by atoms with van der Waals surface area (Å²) >= 11 is 0. The summed E-state index contributed by atoms with van der Waals surface area (Å²) in [7, 11) is 0. The predicted molar refractivity (Wildman–Crippen MR) is 74.6 cm³/mol. The maximum atomic E-state index is 13.6. The molecule has 0 aromatic heterocycles. The van der Waals surface area contributed by atoms with Crippen LogP contribution in [-0.2, 0) is 9.59 Å². The number of amides is 2. The number of rotatable bonds is 4. The van der Waals surface area contributed by atoms with Gasteiger partial charge in [-0.3, -0.25) is 9.59 Å². The van der Waals surface area contributed by atoms with E-state index in [1.165, 1.54) is 17.0 Å². The topological polar surface area (TPSA) is 49.4 Å². The molecule has 1 aromatic carbocycles. The van der Waals surface area contributed by atoms with Crippen LogP contribution in [0.15, 0.2) is 18.2 Å². The van der Waals surface area contributed by atoms with Crippen molar-refractivity contribution < 1.29 is 18.4 Å². The fraction of sp³-hybridized carbons (Fsp3) is 0.467. The van der Waals surface area contributed by atoms with Gasteiger partial charge in [-0.2, -0.15) is 0 Å². The lowest BCUT2D eigenvalue weighted by Crippen LogP contribution is -2.48. The third kappa shape index (κ3) is 3.20. The van der Waals surface area contributed by atoms with E-state index in [1.54, 1.807) is 0 Å². The average Bonchev–Trinajstić information content (AvgIpc) is 2.81. The number of anilines is 1. The van der Waals surface area contributed by atoms with Crippen LogP contribution < -0.4 is 5.32 Å². The van der Waals surface area contributed by atoms with E-state index in [-0.39, 0.29) is 17.5 Å². The van der Waals surface area contributed by atoms with Crippen molar-refractivity contribution in [1.29, 1.82) is 0 Å². The van der Waals surface area contributed by atoms with Crippen molar-refractivity contribution in [2.75, 3.05) is 11.9 Å². The number of halogens is 2. The Kier molecular flexibility index (Phi) is 4.55. The molecular formula is C15H18F2N2O2. The summed E-state index contributed by atoms with van der Waals surface area (Å²) in [4.78, 5) is 25.7. The van der Waals surface area contributed by atoms with Crippen molar-refractivity contribution in [1.82, 2.24) is 4.90 Å².